The van der Waals surface area contributed by atoms with Crippen molar-refractivity contribution >= 4 is 28.8 Å². The Hall–Kier alpha value is -1.22. The summed E-state index contributed by atoms with van der Waals surface area (Å²) < 4.78 is 8.26. The van der Waals surface area contributed by atoms with E-state index < -0.39 is 0 Å². The third-order valence-corrected chi connectivity index (χ3v) is 2.08. The van der Waals surface area contributed by atoms with Crippen LogP contribution in [0.5, 0.6) is 0 Å². The first-order valence-electron chi connectivity index (χ1n) is 3.25. The van der Waals surface area contributed by atoms with Crippen molar-refractivity contribution in [2.45, 2.75) is 0 Å². The molecule has 0 aliphatic heterocycles. The third-order valence-electron chi connectivity index (χ3n) is 1.54. The Morgan fingerprint density at radius 1 is 1.36 bits per heavy atom. The summed E-state index contributed by atoms with van der Waals surface area (Å²) in [6.07, 6.45) is 1.80. The molecule has 3 heteroatoms. The quantitative estimate of drug-likeness (QED) is 0.643. The lowest BCUT2D eigenvalue weighted by molar-refractivity contribution is 1.62. The monoisotopic (exact) mass is 162 g/mol. The van der Waals surface area contributed by atoms with Gasteiger partial charge in [0.15, 0.2) is 0 Å². The number of aromatic nitrogens is 2. The molecule has 0 fully saturated rings. The topological polar surface area (TPSA) is 25.8 Å². The lowest BCUT2D eigenvalue weighted by atomic mass is 10.2. The Bertz CT molecular complexity index is 392. The van der Waals surface area contributed by atoms with Gasteiger partial charge in [0, 0.05) is 5.56 Å². The number of rotatable bonds is 1. The first kappa shape index (κ1) is 6.49. The molecule has 0 amide bonds. The van der Waals surface area contributed by atoms with Crippen molar-refractivity contribution in [2.75, 3.05) is 0 Å². The summed E-state index contributed by atoms with van der Waals surface area (Å²) in [7, 11) is 0. The number of fused-ring (bicyclic) bond motifs is 1. The minimum absolute atomic E-state index is 0.951. The summed E-state index contributed by atoms with van der Waals surface area (Å²) in [6, 6.07) is 5.89. The number of nitrogens with zero attached hydrogens (tertiary/aromatic N) is 2. The molecule has 0 atom stereocenters. The molecule has 2 nitrogen and oxygen atoms in total. The Morgan fingerprint density at radius 3 is 3.09 bits per heavy atom. The predicted octanol–water partition coefficient (Wildman–Crippen LogP) is 2.33. The molecule has 11 heavy (non-hydrogen) atoms. The summed E-state index contributed by atoms with van der Waals surface area (Å²) in [5, 5.41) is 0. The van der Waals surface area contributed by atoms with E-state index in [1.165, 1.54) is 11.7 Å². The van der Waals surface area contributed by atoms with Crippen LogP contribution in [0.25, 0.3) is 17.1 Å². The Labute approximate surface area is 68.5 Å². The number of hydrogen-bond donors (Lipinski definition) is 0. The summed E-state index contributed by atoms with van der Waals surface area (Å²) in [5.74, 6) is 0. The van der Waals surface area contributed by atoms with Crippen molar-refractivity contribution in [1.82, 2.24) is 8.75 Å². The van der Waals surface area contributed by atoms with Crippen LogP contribution in [0, 0.1) is 0 Å². The van der Waals surface area contributed by atoms with Gasteiger partial charge in [-0.3, -0.25) is 0 Å². The molecule has 0 bridgehead atoms. The standard InChI is InChI=1S/C8H6N2S/c1-2-6-4-3-5-7-8(6)10-11-9-7/h2-5H,1H2. The van der Waals surface area contributed by atoms with Gasteiger partial charge in [0.2, 0.25) is 0 Å². The van der Waals surface area contributed by atoms with Crippen LogP contribution in [0.2, 0.25) is 0 Å². The highest BCUT2D eigenvalue weighted by Crippen LogP contribution is 2.16. The molecule has 0 unspecified atom stereocenters. The van der Waals surface area contributed by atoms with Gasteiger partial charge in [-0.2, -0.15) is 8.75 Å². The van der Waals surface area contributed by atoms with Gasteiger partial charge in [-0.25, -0.2) is 0 Å². The molecule has 0 radical (unpaired) electrons. The smallest absolute Gasteiger partial charge is 0.111 e. The van der Waals surface area contributed by atoms with Gasteiger partial charge < -0.3 is 0 Å². The van der Waals surface area contributed by atoms with Crippen molar-refractivity contribution in [3.05, 3.63) is 30.3 Å². The van der Waals surface area contributed by atoms with Crippen LogP contribution in [0.1, 0.15) is 5.56 Å². The molecule has 2 aromatic rings. The van der Waals surface area contributed by atoms with E-state index in [0.29, 0.717) is 0 Å². The summed E-state index contributed by atoms with van der Waals surface area (Å²) in [6.45, 7) is 3.70. The molecule has 0 saturated carbocycles. The third kappa shape index (κ3) is 0.935. The number of benzene rings is 1. The average molecular weight is 162 g/mol. The van der Waals surface area contributed by atoms with E-state index in [4.69, 9.17) is 0 Å². The van der Waals surface area contributed by atoms with Crippen LogP contribution in [0.4, 0.5) is 0 Å². The van der Waals surface area contributed by atoms with E-state index in [-0.39, 0.29) is 0 Å². The van der Waals surface area contributed by atoms with Crippen LogP contribution >= 0.6 is 11.7 Å². The van der Waals surface area contributed by atoms with Crippen LogP contribution in [-0.4, -0.2) is 8.75 Å². The molecule has 0 N–H and O–H groups in total. The maximum atomic E-state index is 4.15. The maximum Gasteiger partial charge on any atom is 0.111 e. The Morgan fingerprint density at radius 2 is 2.27 bits per heavy atom. The Balaban J connectivity index is 2.88. The zero-order valence-electron chi connectivity index (χ0n) is 5.82. The van der Waals surface area contributed by atoms with Crippen molar-refractivity contribution in [1.29, 1.82) is 0 Å². The molecular formula is C8H6N2S. The minimum Gasteiger partial charge on any atom is -0.173 e. The number of hydrogen-bond acceptors (Lipinski definition) is 3. The molecule has 1 heterocycles. The van der Waals surface area contributed by atoms with Crippen molar-refractivity contribution in [2.24, 2.45) is 0 Å². The van der Waals surface area contributed by atoms with E-state index in [9.17, 15) is 0 Å². The highest BCUT2D eigenvalue weighted by atomic mass is 32.1. The molecular weight excluding hydrogens is 156 g/mol. The average Bonchev–Trinajstić information content (AvgIpc) is 2.50. The second kappa shape index (κ2) is 2.43. The summed E-state index contributed by atoms with van der Waals surface area (Å²) in [5.41, 5.74) is 2.95. The van der Waals surface area contributed by atoms with Crippen molar-refractivity contribution in [3.63, 3.8) is 0 Å². The van der Waals surface area contributed by atoms with E-state index in [1.807, 2.05) is 18.2 Å². The largest absolute Gasteiger partial charge is 0.173 e. The molecule has 2 rings (SSSR count). The van der Waals surface area contributed by atoms with Crippen molar-refractivity contribution < 1.29 is 0 Å². The summed E-state index contributed by atoms with van der Waals surface area (Å²) in [4.78, 5) is 0. The molecule has 0 aliphatic carbocycles. The lowest BCUT2D eigenvalue weighted by Gasteiger charge is -1.90. The highest BCUT2D eigenvalue weighted by molar-refractivity contribution is 7.00. The molecule has 54 valence electrons. The first-order chi connectivity index (χ1) is 5.42. The minimum atomic E-state index is 0.951. The SMILES string of the molecule is C=Cc1cccc2nsnc12. The van der Waals surface area contributed by atoms with E-state index in [1.54, 1.807) is 6.08 Å². The van der Waals surface area contributed by atoms with Crippen LogP contribution < -0.4 is 0 Å². The van der Waals surface area contributed by atoms with Crippen molar-refractivity contribution in [3.8, 4) is 0 Å². The van der Waals surface area contributed by atoms with Gasteiger partial charge in [0.05, 0.1) is 11.7 Å². The zero-order chi connectivity index (χ0) is 7.68. The lowest BCUT2D eigenvalue weighted by Crippen LogP contribution is -1.74. The zero-order valence-corrected chi connectivity index (χ0v) is 6.64. The van der Waals surface area contributed by atoms with Gasteiger partial charge in [0.1, 0.15) is 11.0 Å². The van der Waals surface area contributed by atoms with Gasteiger partial charge in [-0.15, -0.1) is 0 Å². The van der Waals surface area contributed by atoms with Crippen LogP contribution in [-0.2, 0) is 0 Å². The summed E-state index contributed by atoms with van der Waals surface area (Å²) >= 11 is 1.23. The fourth-order valence-corrected chi connectivity index (χ4v) is 1.55. The van der Waals surface area contributed by atoms with Crippen LogP contribution in [0.15, 0.2) is 24.8 Å². The van der Waals surface area contributed by atoms with E-state index in [2.05, 4.69) is 15.3 Å². The predicted molar refractivity (Wildman–Crippen MR) is 47.5 cm³/mol. The maximum absolute atomic E-state index is 4.15. The highest BCUT2D eigenvalue weighted by Gasteiger charge is 1.99. The molecule has 0 saturated heterocycles. The molecule has 1 aromatic carbocycles. The second-order valence-corrected chi connectivity index (χ2v) is 2.71. The fourth-order valence-electron chi connectivity index (χ4n) is 0.992. The van der Waals surface area contributed by atoms with Gasteiger partial charge in [-0.05, 0) is 6.07 Å². The van der Waals surface area contributed by atoms with Crippen LogP contribution in [0.3, 0.4) is 0 Å². The van der Waals surface area contributed by atoms with E-state index in [0.717, 1.165) is 16.6 Å². The molecule has 1 aromatic heterocycles. The second-order valence-electron chi connectivity index (χ2n) is 2.18. The van der Waals surface area contributed by atoms with Gasteiger partial charge >= 0.3 is 0 Å². The first-order valence-corrected chi connectivity index (χ1v) is 3.98. The Kier molecular flexibility index (Phi) is 1.43. The van der Waals surface area contributed by atoms with E-state index >= 15 is 0 Å². The normalized spacial score (nSPS) is 10.2. The molecule has 0 spiro atoms. The fraction of sp³-hybridized carbons (Fsp3) is 0. The van der Waals surface area contributed by atoms with Gasteiger partial charge in [-0.1, -0.05) is 24.8 Å². The van der Waals surface area contributed by atoms with Gasteiger partial charge in [0.25, 0.3) is 0 Å². The molecule has 0 aliphatic rings.